The highest BCUT2D eigenvalue weighted by atomic mass is 32.1. The summed E-state index contributed by atoms with van der Waals surface area (Å²) in [6.07, 6.45) is 3.55. The van der Waals surface area contributed by atoms with Crippen LogP contribution in [0.3, 0.4) is 0 Å². The summed E-state index contributed by atoms with van der Waals surface area (Å²) in [7, 11) is 0. The molecule has 1 heterocycles. The van der Waals surface area contributed by atoms with Gasteiger partial charge in [-0.1, -0.05) is 42.5 Å². The Bertz CT molecular complexity index is 636. The van der Waals surface area contributed by atoms with Crippen molar-refractivity contribution >= 4 is 28.6 Å². The highest BCUT2D eigenvalue weighted by molar-refractivity contribution is 7.80. The molecular formula is C17H18N2S. The maximum atomic E-state index is 5.89. The van der Waals surface area contributed by atoms with Crippen LogP contribution < -0.4 is 10.6 Å². The first-order valence-corrected chi connectivity index (χ1v) is 7.42. The van der Waals surface area contributed by atoms with E-state index < -0.39 is 0 Å². The summed E-state index contributed by atoms with van der Waals surface area (Å²) >= 11 is 5.20. The van der Waals surface area contributed by atoms with Crippen LogP contribution in [-0.4, -0.2) is 11.5 Å². The Labute approximate surface area is 125 Å². The normalized spacial score (nSPS) is 14.5. The Hall–Kier alpha value is -1.87. The molecular weight excluding hydrogens is 264 g/mol. The van der Waals surface area contributed by atoms with Gasteiger partial charge in [-0.05, 0) is 43.0 Å². The van der Waals surface area contributed by atoms with Crippen molar-refractivity contribution in [1.82, 2.24) is 0 Å². The monoisotopic (exact) mass is 282 g/mol. The molecule has 3 heteroatoms. The summed E-state index contributed by atoms with van der Waals surface area (Å²) in [5.74, 6) is 0. The van der Waals surface area contributed by atoms with Crippen molar-refractivity contribution in [2.45, 2.75) is 19.3 Å². The molecule has 2 aromatic rings. The SMILES string of the molecule is NC(=S)c1ccccc1N1CCCCc2ccccc21. The van der Waals surface area contributed by atoms with Crippen LogP contribution >= 0.6 is 12.2 Å². The third kappa shape index (κ3) is 2.41. The van der Waals surface area contributed by atoms with E-state index in [1.807, 2.05) is 18.2 Å². The van der Waals surface area contributed by atoms with Gasteiger partial charge >= 0.3 is 0 Å². The molecule has 0 aromatic heterocycles. The zero-order valence-electron chi connectivity index (χ0n) is 11.4. The number of hydrogen-bond acceptors (Lipinski definition) is 2. The highest BCUT2D eigenvalue weighted by Crippen LogP contribution is 2.34. The third-order valence-electron chi connectivity index (χ3n) is 3.82. The summed E-state index contributed by atoms with van der Waals surface area (Å²) < 4.78 is 0. The van der Waals surface area contributed by atoms with Gasteiger partial charge in [0.1, 0.15) is 4.99 Å². The zero-order valence-corrected chi connectivity index (χ0v) is 12.2. The summed E-state index contributed by atoms with van der Waals surface area (Å²) in [4.78, 5) is 2.82. The van der Waals surface area contributed by atoms with Gasteiger partial charge in [-0.3, -0.25) is 0 Å². The van der Waals surface area contributed by atoms with Crippen LogP contribution in [0.4, 0.5) is 11.4 Å². The second-order valence-electron chi connectivity index (χ2n) is 5.12. The molecule has 0 aliphatic carbocycles. The molecule has 1 aliphatic rings. The molecule has 0 amide bonds. The molecule has 3 rings (SSSR count). The number of nitrogens with zero attached hydrogens (tertiary/aromatic N) is 1. The molecule has 20 heavy (non-hydrogen) atoms. The second kappa shape index (κ2) is 5.63. The molecule has 0 bridgehead atoms. The quantitative estimate of drug-likeness (QED) is 0.850. The molecule has 0 saturated carbocycles. The average Bonchev–Trinajstić information content (AvgIpc) is 2.69. The molecule has 0 fully saturated rings. The number of fused-ring (bicyclic) bond motifs is 1. The minimum absolute atomic E-state index is 0.460. The summed E-state index contributed by atoms with van der Waals surface area (Å²) in [6, 6.07) is 16.8. The minimum Gasteiger partial charge on any atom is -0.389 e. The van der Waals surface area contributed by atoms with E-state index >= 15 is 0 Å². The molecule has 0 radical (unpaired) electrons. The zero-order chi connectivity index (χ0) is 13.9. The topological polar surface area (TPSA) is 29.3 Å². The van der Waals surface area contributed by atoms with Crippen LogP contribution in [-0.2, 0) is 6.42 Å². The van der Waals surface area contributed by atoms with E-state index in [2.05, 4.69) is 35.2 Å². The van der Waals surface area contributed by atoms with Gasteiger partial charge in [0, 0.05) is 17.8 Å². The molecule has 0 spiro atoms. The van der Waals surface area contributed by atoms with Crippen LogP contribution in [0.5, 0.6) is 0 Å². The van der Waals surface area contributed by atoms with Crippen molar-refractivity contribution in [3.8, 4) is 0 Å². The van der Waals surface area contributed by atoms with Gasteiger partial charge < -0.3 is 10.6 Å². The van der Waals surface area contributed by atoms with Crippen molar-refractivity contribution in [3.63, 3.8) is 0 Å². The number of hydrogen-bond donors (Lipinski definition) is 1. The number of para-hydroxylation sites is 2. The Morgan fingerprint density at radius 1 is 0.950 bits per heavy atom. The number of thiocarbonyl (C=S) groups is 1. The van der Waals surface area contributed by atoms with Crippen molar-refractivity contribution in [3.05, 3.63) is 59.7 Å². The lowest BCUT2D eigenvalue weighted by atomic mass is 10.1. The third-order valence-corrected chi connectivity index (χ3v) is 4.04. The number of aryl methyl sites for hydroxylation is 1. The largest absolute Gasteiger partial charge is 0.389 e. The number of nitrogens with two attached hydrogens (primary N) is 1. The first-order chi connectivity index (χ1) is 9.77. The van der Waals surface area contributed by atoms with Crippen molar-refractivity contribution < 1.29 is 0 Å². The van der Waals surface area contributed by atoms with Crippen LogP contribution in [0.25, 0.3) is 0 Å². The van der Waals surface area contributed by atoms with E-state index in [1.165, 1.54) is 24.1 Å². The van der Waals surface area contributed by atoms with E-state index in [9.17, 15) is 0 Å². The standard InChI is InChI=1S/C17H18N2S/c18-17(20)14-9-2-4-11-16(14)19-12-6-5-8-13-7-1-3-10-15(13)19/h1-4,7,9-11H,5-6,8,12H2,(H2,18,20). The van der Waals surface area contributed by atoms with E-state index in [-0.39, 0.29) is 0 Å². The molecule has 1 aliphatic heterocycles. The van der Waals surface area contributed by atoms with Gasteiger partial charge in [0.2, 0.25) is 0 Å². The summed E-state index contributed by atoms with van der Waals surface area (Å²) in [5.41, 5.74) is 10.7. The predicted molar refractivity (Wildman–Crippen MR) is 88.7 cm³/mol. The van der Waals surface area contributed by atoms with E-state index in [0.717, 1.165) is 24.2 Å². The van der Waals surface area contributed by atoms with Crippen molar-refractivity contribution in [2.24, 2.45) is 5.73 Å². The average molecular weight is 282 g/mol. The Morgan fingerprint density at radius 2 is 1.65 bits per heavy atom. The van der Waals surface area contributed by atoms with Gasteiger partial charge in [-0.25, -0.2) is 0 Å². The molecule has 2 N–H and O–H groups in total. The number of benzene rings is 2. The first kappa shape index (κ1) is 13.1. The smallest absolute Gasteiger partial charge is 0.106 e. The van der Waals surface area contributed by atoms with Crippen LogP contribution in [0, 0.1) is 0 Å². The Kier molecular flexibility index (Phi) is 3.70. The maximum Gasteiger partial charge on any atom is 0.106 e. The van der Waals surface area contributed by atoms with Crippen LogP contribution in [0.2, 0.25) is 0 Å². The number of anilines is 2. The van der Waals surface area contributed by atoms with Crippen LogP contribution in [0.1, 0.15) is 24.0 Å². The Morgan fingerprint density at radius 3 is 2.45 bits per heavy atom. The van der Waals surface area contributed by atoms with Gasteiger partial charge in [0.15, 0.2) is 0 Å². The summed E-state index contributed by atoms with van der Waals surface area (Å²) in [6.45, 7) is 1.01. The molecule has 102 valence electrons. The second-order valence-corrected chi connectivity index (χ2v) is 5.56. The summed E-state index contributed by atoms with van der Waals surface area (Å²) in [5, 5.41) is 0. The van der Waals surface area contributed by atoms with Crippen molar-refractivity contribution in [2.75, 3.05) is 11.4 Å². The van der Waals surface area contributed by atoms with Crippen molar-refractivity contribution in [1.29, 1.82) is 0 Å². The van der Waals surface area contributed by atoms with E-state index in [1.54, 1.807) is 0 Å². The van der Waals surface area contributed by atoms with E-state index in [4.69, 9.17) is 18.0 Å². The Balaban J connectivity index is 2.13. The number of rotatable bonds is 2. The highest BCUT2D eigenvalue weighted by Gasteiger charge is 2.19. The minimum atomic E-state index is 0.460. The lowest BCUT2D eigenvalue weighted by Crippen LogP contribution is -2.22. The first-order valence-electron chi connectivity index (χ1n) is 7.01. The fourth-order valence-electron chi connectivity index (χ4n) is 2.86. The lowest BCUT2D eigenvalue weighted by Gasteiger charge is -2.27. The molecule has 0 atom stereocenters. The fraction of sp³-hybridized carbons (Fsp3) is 0.235. The predicted octanol–water partition coefficient (Wildman–Crippen LogP) is 3.80. The fourth-order valence-corrected chi connectivity index (χ4v) is 3.03. The molecule has 2 nitrogen and oxygen atoms in total. The van der Waals surface area contributed by atoms with Gasteiger partial charge in [0.05, 0.1) is 5.69 Å². The van der Waals surface area contributed by atoms with Gasteiger partial charge in [-0.2, -0.15) is 0 Å². The van der Waals surface area contributed by atoms with Crippen LogP contribution in [0.15, 0.2) is 48.5 Å². The van der Waals surface area contributed by atoms with E-state index in [0.29, 0.717) is 4.99 Å². The van der Waals surface area contributed by atoms with Gasteiger partial charge in [-0.15, -0.1) is 0 Å². The van der Waals surface area contributed by atoms with Gasteiger partial charge in [0.25, 0.3) is 0 Å². The maximum absolute atomic E-state index is 5.89. The molecule has 2 aromatic carbocycles. The lowest BCUT2D eigenvalue weighted by molar-refractivity contribution is 0.761. The molecule has 0 unspecified atom stereocenters. The molecule has 0 saturated heterocycles.